The van der Waals surface area contributed by atoms with Crippen molar-refractivity contribution in [1.29, 1.82) is 5.26 Å². The minimum absolute atomic E-state index is 0.0648. The number of hydrogen-bond acceptors (Lipinski definition) is 3. The topological polar surface area (TPSA) is 56.0 Å². The van der Waals surface area contributed by atoms with E-state index >= 15 is 0 Å². The summed E-state index contributed by atoms with van der Waals surface area (Å²) in [5.41, 5.74) is 0. The van der Waals surface area contributed by atoms with Gasteiger partial charge < -0.3 is 10.4 Å². The molecule has 0 aliphatic carbocycles. The highest BCUT2D eigenvalue weighted by Gasteiger charge is 1.85. The van der Waals surface area contributed by atoms with Crippen molar-refractivity contribution >= 4 is 0 Å². The third-order valence-corrected chi connectivity index (χ3v) is 0.571. The van der Waals surface area contributed by atoms with Gasteiger partial charge in [0.1, 0.15) is 5.76 Å². The van der Waals surface area contributed by atoms with Crippen LogP contribution in [0.25, 0.3) is 0 Å². The van der Waals surface area contributed by atoms with E-state index in [4.69, 9.17) is 10.4 Å². The van der Waals surface area contributed by atoms with Gasteiger partial charge in [0.05, 0.1) is 12.5 Å². The summed E-state index contributed by atoms with van der Waals surface area (Å²) in [7, 11) is 1.66. The van der Waals surface area contributed by atoms with E-state index < -0.39 is 0 Å². The Hall–Kier alpha value is -1.17. The van der Waals surface area contributed by atoms with Gasteiger partial charge in [0, 0.05) is 13.2 Å². The molecule has 3 nitrogen and oxygen atoms in total. The molecular formula is C5H8N2O. The molecule has 0 aromatic carbocycles. The predicted molar refractivity (Wildman–Crippen MR) is 30.0 cm³/mol. The second-order valence-corrected chi connectivity index (χ2v) is 1.26. The lowest BCUT2D eigenvalue weighted by Gasteiger charge is -1.88. The van der Waals surface area contributed by atoms with Gasteiger partial charge in [0.25, 0.3) is 0 Å². The van der Waals surface area contributed by atoms with Gasteiger partial charge >= 0.3 is 0 Å². The maximum Gasteiger partial charge on any atom is 0.122 e. The van der Waals surface area contributed by atoms with Gasteiger partial charge in [-0.2, -0.15) is 5.26 Å². The van der Waals surface area contributed by atoms with Crippen LogP contribution in [-0.4, -0.2) is 12.2 Å². The highest BCUT2D eigenvalue weighted by molar-refractivity contribution is 4.96. The van der Waals surface area contributed by atoms with Crippen molar-refractivity contribution in [3.05, 3.63) is 12.0 Å². The fourth-order valence-corrected chi connectivity index (χ4v) is 0.299. The van der Waals surface area contributed by atoms with E-state index in [9.17, 15) is 0 Å². The van der Waals surface area contributed by atoms with Crippen LogP contribution in [0.3, 0.4) is 0 Å². The summed E-state index contributed by atoms with van der Waals surface area (Å²) in [6.45, 7) is 0. The van der Waals surface area contributed by atoms with Gasteiger partial charge in [-0.3, -0.25) is 0 Å². The first-order chi connectivity index (χ1) is 3.81. The first-order valence-corrected chi connectivity index (χ1v) is 2.23. The molecule has 0 amide bonds. The minimum atomic E-state index is 0.0648. The summed E-state index contributed by atoms with van der Waals surface area (Å²) in [5.74, 6) is 0.0648. The van der Waals surface area contributed by atoms with E-state index in [0.29, 0.717) is 0 Å². The van der Waals surface area contributed by atoms with Crippen LogP contribution in [-0.2, 0) is 0 Å². The average Bonchev–Trinajstić information content (AvgIpc) is 1.68. The molecule has 0 aliphatic heterocycles. The third-order valence-electron chi connectivity index (χ3n) is 0.571. The summed E-state index contributed by atoms with van der Waals surface area (Å²) in [4.78, 5) is 0. The van der Waals surface area contributed by atoms with Crippen molar-refractivity contribution in [2.45, 2.75) is 6.42 Å². The Bertz CT molecular complexity index is 123. The van der Waals surface area contributed by atoms with Gasteiger partial charge in [-0.15, -0.1) is 0 Å². The third kappa shape index (κ3) is 3.04. The lowest BCUT2D eigenvalue weighted by Crippen LogP contribution is -1.95. The van der Waals surface area contributed by atoms with Crippen LogP contribution in [0.15, 0.2) is 12.0 Å². The Kier molecular flexibility index (Phi) is 3.42. The van der Waals surface area contributed by atoms with Crippen molar-refractivity contribution in [3.8, 4) is 6.07 Å². The zero-order valence-electron chi connectivity index (χ0n) is 4.68. The molecule has 0 rings (SSSR count). The lowest BCUT2D eigenvalue weighted by atomic mass is 10.4. The lowest BCUT2D eigenvalue weighted by molar-refractivity contribution is 0.398. The summed E-state index contributed by atoms with van der Waals surface area (Å²) < 4.78 is 0. The molecule has 0 bridgehead atoms. The zero-order chi connectivity index (χ0) is 6.41. The first kappa shape index (κ1) is 6.83. The summed E-state index contributed by atoms with van der Waals surface area (Å²) in [5, 5.41) is 19.2. The van der Waals surface area contributed by atoms with E-state index in [2.05, 4.69) is 5.32 Å². The summed E-state index contributed by atoms with van der Waals surface area (Å²) in [6.07, 6.45) is 1.45. The monoisotopic (exact) mass is 112 g/mol. The SMILES string of the molecule is CN/C=C(\O)CC#N. The highest BCUT2D eigenvalue weighted by atomic mass is 16.3. The Morgan fingerprint density at radius 1 is 2.00 bits per heavy atom. The Labute approximate surface area is 48.2 Å². The molecule has 0 spiro atoms. The number of aliphatic hydroxyl groups excluding tert-OH is 1. The van der Waals surface area contributed by atoms with Gasteiger partial charge in [0.2, 0.25) is 0 Å². The largest absolute Gasteiger partial charge is 0.510 e. The fourth-order valence-electron chi connectivity index (χ4n) is 0.299. The Morgan fingerprint density at radius 3 is 3.00 bits per heavy atom. The molecule has 0 saturated carbocycles. The molecule has 0 aromatic heterocycles. The van der Waals surface area contributed by atoms with Crippen LogP contribution in [0, 0.1) is 11.3 Å². The van der Waals surface area contributed by atoms with Crippen LogP contribution in [0.5, 0.6) is 0 Å². The smallest absolute Gasteiger partial charge is 0.122 e. The number of nitrogens with one attached hydrogen (secondary N) is 1. The Balaban J connectivity index is 3.49. The summed E-state index contributed by atoms with van der Waals surface area (Å²) >= 11 is 0. The molecular weight excluding hydrogens is 104 g/mol. The molecule has 0 aliphatic rings. The van der Waals surface area contributed by atoms with E-state index in [0.717, 1.165) is 0 Å². The maximum atomic E-state index is 8.63. The number of aliphatic hydroxyl groups is 1. The number of rotatable bonds is 2. The number of allylic oxidation sites excluding steroid dienone is 1. The zero-order valence-corrected chi connectivity index (χ0v) is 4.68. The molecule has 0 fully saturated rings. The van der Waals surface area contributed by atoms with Crippen LogP contribution >= 0.6 is 0 Å². The second kappa shape index (κ2) is 4.00. The van der Waals surface area contributed by atoms with Crippen molar-refractivity contribution in [2.75, 3.05) is 7.05 Å². The quantitative estimate of drug-likeness (QED) is 0.512. The van der Waals surface area contributed by atoms with Crippen molar-refractivity contribution in [2.24, 2.45) is 0 Å². The van der Waals surface area contributed by atoms with Crippen molar-refractivity contribution < 1.29 is 5.11 Å². The molecule has 0 heterocycles. The molecule has 0 saturated heterocycles. The number of nitrogens with zero attached hydrogens (tertiary/aromatic N) is 1. The highest BCUT2D eigenvalue weighted by Crippen LogP contribution is 1.89. The minimum Gasteiger partial charge on any atom is -0.510 e. The van der Waals surface area contributed by atoms with Crippen molar-refractivity contribution in [3.63, 3.8) is 0 Å². The van der Waals surface area contributed by atoms with Gasteiger partial charge in [-0.1, -0.05) is 0 Å². The molecule has 44 valence electrons. The predicted octanol–water partition coefficient (Wildman–Crippen LogP) is 0.519. The molecule has 0 unspecified atom stereocenters. The van der Waals surface area contributed by atoms with Crippen LogP contribution in [0.4, 0.5) is 0 Å². The van der Waals surface area contributed by atoms with Gasteiger partial charge in [-0.05, 0) is 0 Å². The summed E-state index contributed by atoms with van der Waals surface area (Å²) in [6, 6.07) is 1.79. The fraction of sp³-hybridized carbons (Fsp3) is 0.400. The van der Waals surface area contributed by atoms with E-state index in [1.807, 2.05) is 0 Å². The molecule has 3 heteroatoms. The van der Waals surface area contributed by atoms with E-state index in [1.165, 1.54) is 6.20 Å². The number of nitriles is 1. The first-order valence-electron chi connectivity index (χ1n) is 2.23. The van der Waals surface area contributed by atoms with Gasteiger partial charge in [0.15, 0.2) is 0 Å². The second-order valence-electron chi connectivity index (χ2n) is 1.26. The van der Waals surface area contributed by atoms with Crippen molar-refractivity contribution in [1.82, 2.24) is 5.32 Å². The maximum absolute atomic E-state index is 8.63. The molecule has 0 aromatic rings. The standard InChI is InChI=1S/C5H8N2O/c1-7-4-5(8)2-3-6/h4,7-8H,2H2,1H3/b5-4-. The molecule has 0 radical (unpaired) electrons. The normalized spacial score (nSPS) is 10.2. The van der Waals surface area contributed by atoms with Crippen LogP contribution in [0.1, 0.15) is 6.42 Å². The average molecular weight is 112 g/mol. The van der Waals surface area contributed by atoms with Gasteiger partial charge in [-0.25, -0.2) is 0 Å². The van der Waals surface area contributed by atoms with E-state index in [-0.39, 0.29) is 12.2 Å². The van der Waals surface area contributed by atoms with Crippen LogP contribution < -0.4 is 5.32 Å². The van der Waals surface area contributed by atoms with Crippen LogP contribution in [0.2, 0.25) is 0 Å². The number of hydrogen-bond donors (Lipinski definition) is 2. The molecule has 8 heavy (non-hydrogen) atoms. The molecule has 2 N–H and O–H groups in total. The molecule has 0 atom stereocenters. The van der Waals surface area contributed by atoms with E-state index in [1.54, 1.807) is 13.1 Å². The Morgan fingerprint density at radius 2 is 2.62 bits per heavy atom.